The van der Waals surface area contributed by atoms with Gasteiger partial charge in [-0.1, -0.05) is 23.8 Å². The zero-order valence-corrected chi connectivity index (χ0v) is 9.86. The lowest BCUT2D eigenvalue weighted by molar-refractivity contribution is -0.137. The van der Waals surface area contributed by atoms with E-state index in [4.69, 9.17) is 10.8 Å². The molecule has 0 saturated heterocycles. The van der Waals surface area contributed by atoms with E-state index in [9.17, 15) is 4.79 Å². The first-order valence-corrected chi connectivity index (χ1v) is 5.52. The normalized spacial score (nSPS) is 12.4. The molecule has 3 nitrogen and oxygen atoms in total. The molecule has 0 fully saturated rings. The van der Waals surface area contributed by atoms with Gasteiger partial charge in [0.25, 0.3) is 0 Å². The highest BCUT2D eigenvalue weighted by molar-refractivity contribution is 5.66. The Morgan fingerprint density at radius 1 is 1.44 bits per heavy atom. The Bertz CT molecular complexity index is 374. The zero-order chi connectivity index (χ0) is 12.1. The Balaban J connectivity index is 2.55. The predicted molar refractivity (Wildman–Crippen MR) is 64.5 cm³/mol. The summed E-state index contributed by atoms with van der Waals surface area (Å²) in [5, 5.41) is 8.56. The number of aryl methyl sites for hydroxylation is 2. The van der Waals surface area contributed by atoms with Gasteiger partial charge >= 0.3 is 5.97 Å². The minimum Gasteiger partial charge on any atom is -0.481 e. The predicted octanol–water partition coefficient (Wildman–Crippen LogP) is 2.04. The molecule has 0 aliphatic heterocycles. The summed E-state index contributed by atoms with van der Waals surface area (Å²) in [7, 11) is 0. The summed E-state index contributed by atoms with van der Waals surface area (Å²) in [6.45, 7) is 4.12. The second-order valence-corrected chi connectivity index (χ2v) is 4.33. The first-order valence-electron chi connectivity index (χ1n) is 5.52. The van der Waals surface area contributed by atoms with Crippen molar-refractivity contribution in [2.75, 3.05) is 0 Å². The summed E-state index contributed by atoms with van der Waals surface area (Å²) >= 11 is 0. The molecule has 0 bridgehead atoms. The molecule has 0 aromatic heterocycles. The Hall–Kier alpha value is -1.35. The molecule has 1 atom stereocenters. The van der Waals surface area contributed by atoms with E-state index >= 15 is 0 Å². The third kappa shape index (κ3) is 4.03. The molecule has 88 valence electrons. The Morgan fingerprint density at radius 3 is 2.69 bits per heavy atom. The number of hydrogen-bond acceptors (Lipinski definition) is 2. The van der Waals surface area contributed by atoms with E-state index < -0.39 is 5.97 Å². The lowest BCUT2D eigenvalue weighted by Crippen LogP contribution is -2.24. The van der Waals surface area contributed by atoms with E-state index in [1.165, 1.54) is 16.7 Å². The lowest BCUT2D eigenvalue weighted by atomic mass is 9.97. The molecule has 3 N–H and O–H groups in total. The smallest absolute Gasteiger partial charge is 0.303 e. The number of carboxylic acids is 1. The van der Waals surface area contributed by atoms with Crippen LogP contribution in [0.4, 0.5) is 0 Å². The molecule has 0 heterocycles. The van der Waals surface area contributed by atoms with Crippen LogP contribution in [0.3, 0.4) is 0 Å². The molecule has 1 unspecified atom stereocenters. The first-order chi connectivity index (χ1) is 7.49. The van der Waals surface area contributed by atoms with Gasteiger partial charge in [0.1, 0.15) is 0 Å². The van der Waals surface area contributed by atoms with Crippen molar-refractivity contribution in [2.45, 2.75) is 39.2 Å². The van der Waals surface area contributed by atoms with Gasteiger partial charge in [0.15, 0.2) is 0 Å². The summed E-state index contributed by atoms with van der Waals surface area (Å²) in [5.74, 6) is -0.781. The largest absolute Gasteiger partial charge is 0.481 e. The fourth-order valence-corrected chi connectivity index (χ4v) is 1.77. The van der Waals surface area contributed by atoms with Crippen molar-refractivity contribution in [3.8, 4) is 0 Å². The summed E-state index contributed by atoms with van der Waals surface area (Å²) < 4.78 is 0. The monoisotopic (exact) mass is 221 g/mol. The molecule has 1 aromatic carbocycles. The van der Waals surface area contributed by atoms with Crippen LogP contribution in [0.1, 0.15) is 29.5 Å². The number of rotatable bonds is 5. The van der Waals surface area contributed by atoms with Crippen LogP contribution >= 0.6 is 0 Å². The Labute approximate surface area is 96.3 Å². The van der Waals surface area contributed by atoms with Crippen LogP contribution in [-0.4, -0.2) is 17.1 Å². The van der Waals surface area contributed by atoms with Crippen LogP contribution in [0.25, 0.3) is 0 Å². The fourth-order valence-electron chi connectivity index (χ4n) is 1.77. The summed E-state index contributed by atoms with van der Waals surface area (Å²) in [5.41, 5.74) is 9.57. The molecule has 0 saturated carbocycles. The highest BCUT2D eigenvalue weighted by Crippen LogP contribution is 2.13. The van der Waals surface area contributed by atoms with Crippen molar-refractivity contribution >= 4 is 5.97 Å². The van der Waals surface area contributed by atoms with Crippen LogP contribution in [-0.2, 0) is 11.2 Å². The standard InChI is InChI=1S/C13H19NO2/c1-9-3-4-11(10(2)7-9)8-12(14)5-6-13(15)16/h3-4,7,12H,5-6,8,14H2,1-2H3,(H,15,16). The van der Waals surface area contributed by atoms with Gasteiger partial charge in [-0.15, -0.1) is 0 Å². The van der Waals surface area contributed by atoms with E-state index in [2.05, 4.69) is 32.0 Å². The van der Waals surface area contributed by atoms with Gasteiger partial charge in [-0.05, 0) is 37.8 Å². The molecule has 0 aliphatic rings. The van der Waals surface area contributed by atoms with Crippen LogP contribution < -0.4 is 5.73 Å². The molecule has 0 radical (unpaired) electrons. The van der Waals surface area contributed by atoms with Crippen molar-refractivity contribution in [1.82, 2.24) is 0 Å². The maximum absolute atomic E-state index is 10.4. The summed E-state index contributed by atoms with van der Waals surface area (Å²) in [4.78, 5) is 10.4. The van der Waals surface area contributed by atoms with Crippen LogP contribution in [0.2, 0.25) is 0 Å². The van der Waals surface area contributed by atoms with Gasteiger partial charge in [-0.2, -0.15) is 0 Å². The molecule has 3 heteroatoms. The second kappa shape index (κ2) is 5.66. The minimum absolute atomic E-state index is 0.0718. The molecular weight excluding hydrogens is 202 g/mol. The molecule has 16 heavy (non-hydrogen) atoms. The van der Waals surface area contributed by atoms with E-state index in [0.29, 0.717) is 6.42 Å². The number of hydrogen-bond donors (Lipinski definition) is 2. The number of aliphatic carboxylic acids is 1. The van der Waals surface area contributed by atoms with Crippen molar-refractivity contribution in [2.24, 2.45) is 5.73 Å². The highest BCUT2D eigenvalue weighted by Gasteiger charge is 2.08. The second-order valence-electron chi connectivity index (χ2n) is 4.33. The average Bonchev–Trinajstić information content (AvgIpc) is 2.19. The minimum atomic E-state index is -0.781. The zero-order valence-electron chi connectivity index (χ0n) is 9.86. The number of benzene rings is 1. The molecule has 0 amide bonds. The van der Waals surface area contributed by atoms with Gasteiger partial charge < -0.3 is 10.8 Å². The third-order valence-corrected chi connectivity index (χ3v) is 2.71. The molecular formula is C13H19NO2. The van der Waals surface area contributed by atoms with Gasteiger partial charge in [-0.3, -0.25) is 4.79 Å². The van der Waals surface area contributed by atoms with Crippen molar-refractivity contribution in [3.05, 3.63) is 34.9 Å². The Kier molecular flexibility index (Phi) is 4.50. The Morgan fingerprint density at radius 2 is 2.12 bits per heavy atom. The maximum Gasteiger partial charge on any atom is 0.303 e. The highest BCUT2D eigenvalue weighted by atomic mass is 16.4. The quantitative estimate of drug-likeness (QED) is 0.799. The van der Waals surface area contributed by atoms with E-state index in [-0.39, 0.29) is 12.5 Å². The van der Waals surface area contributed by atoms with Gasteiger partial charge in [-0.25, -0.2) is 0 Å². The summed E-state index contributed by atoms with van der Waals surface area (Å²) in [6, 6.07) is 6.19. The number of carbonyl (C=O) groups is 1. The number of carboxylic acid groups (broad SMARTS) is 1. The summed E-state index contributed by atoms with van der Waals surface area (Å²) in [6.07, 6.45) is 1.42. The lowest BCUT2D eigenvalue weighted by Gasteiger charge is -2.12. The van der Waals surface area contributed by atoms with Crippen LogP contribution in [0, 0.1) is 13.8 Å². The molecule has 0 spiro atoms. The maximum atomic E-state index is 10.4. The molecule has 1 aromatic rings. The van der Waals surface area contributed by atoms with E-state index in [0.717, 1.165) is 6.42 Å². The SMILES string of the molecule is Cc1ccc(CC(N)CCC(=O)O)c(C)c1. The van der Waals surface area contributed by atoms with E-state index in [1.807, 2.05) is 0 Å². The van der Waals surface area contributed by atoms with Crippen molar-refractivity contribution in [1.29, 1.82) is 0 Å². The first kappa shape index (κ1) is 12.7. The topological polar surface area (TPSA) is 63.3 Å². The van der Waals surface area contributed by atoms with Gasteiger partial charge in [0.2, 0.25) is 0 Å². The molecule has 0 aliphatic carbocycles. The van der Waals surface area contributed by atoms with Crippen molar-refractivity contribution in [3.63, 3.8) is 0 Å². The van der Waals surface area contributed by atoms with Gasteiger partial charge in [0, 0.05) is 12.5 Å². The third-order valence-electron chi connectivity index (χ3n) is 2.71. The van der Waals surface area contributed by atoms with Gasteiger partial charge in [0.05, 0.1) is 0 Å². The van der Waals surface area contributed by atoms with Crippen molar-refractivity contribution < 1.29 is 9.90 Å². The van der Waals surface area contributed by atoms with E-state index in [1.54, 1.807) is 0 Å². The average molecular weight is 221 g/mol. The number of nitrogens with two attached hydrogens (primary N) is 1. The van der Waals surface area contributed by atoms with Crippen LogP contribution in [0.15, 0.2) is 18.2 Å². The fraction of sp³-hybridized carbons (Fsp3) is 0.462. The molecule has 1 rings (SSSR count). The van der Waals surface area contributed by atoms with Crippen LogP contribution in [0.5, 0.6) is 0 Å².